The van der Waals surface area contributed by atoms with Crippen molar-refractivity contribution < 1.29 is 26.3 Å². The van der Waals surface area contributed by atoms with Crippen molar-refractivity contribution in [2.45, 2.75) is 12.6 Å². The summed E-state index contributed by atoms with van der Waals surface area (Å²) in [4.78, 5) is 0. The van der Waals surface area contributed by atoms with Crippen molar-refractivity contribution in [1.82, 2.24) is 0 Å². The van der Waals surface area contributed by atoms with Gasteiger partial charge in [-0.05, 0) is 12.1 Å². The molecule has 0 atom stereocenters. The number of halogens is 7. The Kier molecular flexibility index (Phi) is 3.18. The number of benzene rings is 1. The van der Waals surface area contributed by atoms with Gasteiger partial charge in [0.2, 0.25) is 0 Å². The van der Waals surface area contributed by atoms with E-state index in [-0.39, 0.29) is 0 Å². The highest BCUT2D eigenvalue weighted by atomic mass is 35.5. The second-order valence-corrected chi connectivity index (χ2v) is 3.02. The first-order valence-electron chi connectivity index (χ1n) is 3.58. The van der Waals surface area contributed by atoms with E-state index in [1.54, 1.807) is 0 Å². The molecule has 0 aliphatic rings. The van der Waals surface area contributed by atoms with Crippen LogP contribution in [0.3, 0.4) is 0 Å². The largest absolute Gasteiger partial charge is 0.418 e. The van der Waals surface area contributed by atoms with Crippen molar-refractivity contribution in [3.05, 3.63) is 34.1 Å². The summed E-state index contributed by atoms with van der Waals surface area (Å²) in [5, 5.41) is -0.945. The first kappa shape index (κ1) is 12.2. The van der Waals surface area contributed by atoms with Crippen LogP contribution in [0.4, 0.5) is 26.3 Å². The molecule has 0 aliphatic carbocycles. The lowest BCUT2D eigenvalue weighted by molar-refractivity contribution is -0.139. The maximum Gasteiger partial charge on any atom is 0.418 e. The van der Waals surface area contributed by atoms with Crippen LogP contribution in [0.1, 0.15) is 17.6 Å². The fourth-order valence-electron chi connectivity index (χ4n) is 1.07. The number of alkyl halides is 5. The molecule has 0 saturated carbocycles. The molecule has 1 rings (SSSR count). The molecule has 0 unspecified atom stereocenters. The standard InChI is InChI=1S/C8H3ClF6/c9-3-1-2-4(10)5(7(11)12)6(3)8(13,14)15/h1-2,7H. The van der Waals surface area contributed by atoms with Crippen molar-refractivity contribution in [2.75, 3.05) is 0 Å². The molecule has 0 amide bonds. The second-order valence-electron chi connectivity index (χ2n) is 2.62. The van der Waals surface area contributed by atoms with E-state index in [0.717, 1.165) is 0 Å². The maximum absolute atomic E-state index is 12.8. The summed E-state index contributed by atoms with van der Waals surface area (Å²) >= 11 is 5.11. The van der Waals surface area contributed by atoms with Crippen LogP contribution in [0.15, 0.2) is 12.1 Å². The van der Waals surface area contributed by atoms with Crippen LogP contribution in [0.25, 0.3) is 0 Å². The molecule has 15 heavy (non-hydrogen) atoms. The zero-order valence-electron chi connectivity index (χ0n) is 6.88. The lowest BCUT2D eigenvalue weighted by Gasteiger charge is -2.14. The molecule has 0 nitrogen and oxygen atoms in total. The van der Waals surface area contributed by atoms with Crippen LogP contribution >= 0.6 is 11.6 Å². The van der Waals surface area contributed by atoms with E-state index in [9.17, 15) is 26.3 Å². The van der Waals surface area contributed by atoms with Crippen molar-refractivity contribution in [1.29, 1.82) is 0 Å². The molecular formula is C8H3ClF6. The minimum absolute atomic E-state index is 0.471. The van der Waals surface area contributed by atoms with Gasteiger partial charge in [-0.25, -0.2) is 13.2 Å². The van der Waals surface area contributed by atoms with Gasteiger partial charge in [-0.3, -0.25) is 0 Å². The Morgan fingerprint density at radius 1 is 1.13 bits per heavy atom. The fourth-order valence-corrected chi connectivity index (χ4v) is 1.34. The van der Waals surface area contributed by atoms with Crippen molar-refractivity contribution >= 4 is 11.6 Å². The van der Waals surface area contributed by atoms with E-state index in [1.807, 2.05) is 0 Å². The third kappa shape index (κ3) is 2.37. The van der Waals surface area contributed by atoms with E-state index in [1.165, 1.54) is 0 Å². The Morgan fingerprint density at radius 2 is 1.67 bits per heavy atom. The van der Waals surface area contributed by atoms with Gasteiger partial charge in [0.1, 0.15) is 5.82 Å². The summed E-state index contributed by atoms with van der Waals surface area (Å²) in [6.07, 6.45) is -8.68. The van der Waals surface area contributed by atoms with Crippen LogP contribution in [-0.4, -0.2) is 0 Å². The van der Waals surface area contributed by atoms with Crippen molar-refractivity contribution in [2.24, 2.45) is 0 Å². The topological polar surface area (TPSA) is 0 Å². The summed E-state index contributed by atoms with van der Waals surface area (Å²) in [5.74, 6) is -1.62. The first-order valence-corrected chi connectivity index (χ1v) is 3.96. The molecule has 0 heterocycles. The number of hydrogen-bond acceptors (Lipinski definition) is 0. The van der Waals surface area contributed by atoms with Gasteiger partial charge in [0.25, 0.3) is 6.43 Å². The molecule has 0 saturated heterocycles. The first-order chi connectivity index (χ1) is 6.75. The highest BCUT2D eigenvalue weighted by Crippen LogP contribution is 2.41. The van der Waals surface area contributed by atoms with Gasteiger partial charge in [-0.2, -0.15) is 13.2 Å². The zero-order chi connectivity index (χ0) is 11.8. The Labute approximate surface area is 85.5 Å². The summed E-state index contributed by atoms with van der Waals surface area (Å²) in [5.41, 5.74) is -3.53. The van der Waals surface area contributed by atoms with Crippen LogP contribution in [0, 0.1) is 5.82 Å². The Balaban J connectivity index is 3.53. The van der Waals surface area contributed by atoms with E-state index in [4.69, 9.17) is 11.6 Å². The smallest absolute Gasteiger partial charge is 0.206 e. The molecule has 0 radical (unpaired) electrons. The van der Waals surface area contributed by atoms with Gasteiger partial charge in [0, 0.05) is 0 Å². The van der Waals surface area contributed by atoms with E-state index in [0.29, 0.717) is 12.1 Å². The van der Waals surface area contributed by atoms with Crippen LogP contribution < -0.4 is 0 Å². The number of rotatable bonds is 1. The highest BCUT2D eigenvalue weighted by Gasteiger charge is 2.39. The normalized spacial score (nSPS) is 12.3. The van der Waals surface area contributed by atoms with E-state index >= 15 is 0 Å². The molecule has 0 fully saturated rings. The van der Waals surface area contributed by atoms with Gasteiger partial charge >= 0.3 is 6.18 Å². The molecule has 1 aromatic rings. The molecule has 84 valence electrons. The fraction of sp³-hybridized carbons (Fsp3) is 0.250. The van der Waals surface area contributed by atoms with Crippen LogP contribution in [-0.2, 0) is 6.18 Å². The van der Waals surface area contributed by atoms with E-state index < -0.39 is 34.6 Å². The Hall–Kier alpha value is -0.910. The lowest BCUT2D eigenvalue weighted by atomic mass is 10.1. The van der Waals surface area contributed by atoms with Crippen LogP contribution in [0.2, 0.25) is 5.02 Å². The number of hydrogen-bond donors (Lipinski definition) is 0. The molecule has 0 bridgehead atoms. The average molecular weight is 249 g/mol. The molecule has 0 aliphatic heterocycles. The maximum atomic E-state index is 12.8. The Bertz CT molecular complexity index is 370. The minimum atomic E-state index is -5.11. The van der Waals surface area contributed by atoms with Crippen LogP contribution in [0.5, 0.6) is 0 Å². The molecule has 1 aromatic carbocycles. The summed E-state index contributed by atoms with van der Waals surface area (Å²) in [6, 6.07) is 1.06. The predicted octanol–water partition coefficient (Wildman–Crippen LogP) is 4.44. The molecule has 0 aromatic heterocycles. The molecular weight excluding hydrogens is 246 g/mol. The molecule has 7 heteroatoms. The SMILES string of the molecule is Fc1ccc(Cl)c(C(F)(F)F)c1C(F)F. The zero-order valence-corrected chi connectivity index (χ0v) is 7.63. The summed E-state index contributed by atoms with van der Waals surface area (Å²) in [6.45, 7) is 0. The van der Waals surface area contributed by atoms with Gasteiger partial charge in [0.05, 0.1) is 16.1 Å². The average Bonchev–Trinajstić information content (AvgIpc) is 2.05. The predicted molar refractivity (Wildman–Crippen MR) is 41.4 cm³/mol. The Morgan fingerprint density at radius 3 is 2.00 bits per heavy atom. The summed E-state index contributed by atoms with van der Waals surface area (Å²) < 4.78 is 74.0. The highest BCUT2D eigenvalue weighted by molar-refractivity contribution is 6.31. The van der Waals surface area contributed by atoms with Gasteiger partial charge < -0.3 is 0 Å². The minimum Gasteiger partial charge on any atom is -0.206 e. The molecule has 0 N–H and O–H groups in total. The van der Waals surface area contributed by atoms with Gasteiger partial charge in [-0.15, -0.1) is 0 Å². The quantitative estimate of drug-likeness (QED) is 0.645. The monoisotopic (exact) mass is 248 g/mol. The van der Waals surface area contributed by atoms with Crippen molar-refractivity contribution in [3.8, 4) is 0 Å². The lowest BCUT2D eigenvalue weighted by Crippen LogP contribution is -2.12. The van der Waals surface area contributed by atoms with Gasteiger partial charge in [-0.1, -0.05) is 11.6 Å². The summed E-state index contributed by atoms with van der Waals surface area (Å²) in [7, 11) is 0. The second kappa shape index (κ2) is 3.92. The molecule has 0 spiro atoms. The third-order valence-electron chi connectivity index (χ3n) is 1.64. The van der Waals surface area contributed by atoms with Crippen molar-refractivity contribution in [3.63, 3.8) is 0 Å². The van der Waals surface area contributed by atoms with Gasteiger partial charge in [0.15, 0.2) is 0 Å². The van der Waals surface area contributed by atoms with E-state index in [2.05, 4.69) is 0 Å². The third-order valence-corrected chi connectivity index (χ3v) is 1.96.